The molecule has 1 heterocycles. The first-order chi connectivity index (χ1) is 5.90. The van der Waals surface area contributed by atoms with E-state index in [0.29, 0.717) is 6.04 Å². The van der Waals surface area contributed by atoms with Gasteiger partial charge in [0.05, 0.1) is 6.07 Å². The highest BCUT2D eigenvalue weighted by molar-refractivity contribution is 7.09. The van der Waals surface area contributed by atoms with E-state index in [9.17, 15) is 0 Å². The van der Waals surface area contributed by atoms with Crippen LogP contribution in [0.25, 0.3) is 0 Å². The highest BCUT2D eigenvalue weighted by Crippen LogP contribution is 2.24. The molecule has 1 aliphatic rings. The van der Waals surface area contributed by atoms with Crippen LogP contribution < -0.4 is 5.32 Å². The molecule has 0 bridgehead atoms. The molecule has 1 aromatic rings. The van der Waals surface area contributed by atoms with Crippen LogP contribution in [0.2, 0.25) is 0 Å². The molecule has 1 atom stereocenters. The van der Waals surface area contributed by atoms with Gasteiger partial charge in [0, 0.05) is 17.6 Å². The number of hydrogen-bond donors (Lipinski definition) is 1. The Labute approximate surface area is 75.1 Å². The Kier molecular flexibility index (Phi) is 2.07. The zero-order chi connectivity index (χ0) is 8.39. The van der Waals surface area contributed by atoms with Gasteiger partial charge in [0.1, 0.15) is 11.0 Å². The molecule has 2 rings (SSSR count). The number of nitriles is 1. The summed E-state index contributed by atoms with van der Waals surface area (Å²) in [6.45, 7) is 0. The maximum absolute atomic E-state index is 8.83. The summed E-state index contributed by atoms with van der Waals surface area (Å²) < 4.78 is 0. The minimum absolute atomic E-state index is 0.197. The van der Waals surface area contributed by atoms with Gasteiger partial charge in [0.2, 0.25) is 0 Å². The average Bonchev–Trinajstić information content (AvgIpc) is 2.74. The molecule has 0 aromatic carbocycles. The standard InChI is InChI=1S/C8H9N3S/c9-5-7(11-6-1-2-6)8-10-3-4-12-8/h3-4,6-7,11H,1-2H2. The summed E-state index contributed by atoms with van der Waals surface area (Å²) in [6, 6.07) is 2.57. The Balaban J connectivity index is 2.03. The summed E-state index contributed by atoms with van der Waals surface area (Å²) >= 11 is 1.53. The number of nitrogens with one attached hydrogen (secondary N) is 1. The predicted molar refractivity (Wildman–Crippen MR) is 46.6 cm³/mol. The topological polar surface area (TPSA) is 48.7 Å². The number of rotatable bonds is 3. The van der Waals surface area contributed by atoms with Crippen molar-refractivity contribution >= 4 is 11.3 Å². The quantitative estimate of drug-likeness (QED) is 0.764. The molecule has 12 heavy (non-hydrogen) atoms. The van der Waals surface area contributed by atoms with Crippen molar-refractivity contribution in [2.45, 2.75) is 24.9 Å². The molecule has 62 valence electrons. The zero-order valence-corrected chi connectivity index (χ0v) is 7.34. The second kappa shape index (κ2) is 3.21. The molecule has 1 saturated carbocycles. The van der Waals surface area contributed by atoms with E-state index < -0.39 is 0 Å². The van der Waals surface area contributed by atoms with Gasteiger partial charge in [-0.05, 0) is 12.8 Å². The normalized spacial score (nSPS) is 18.6. The minimum Gasteiger partial charge on any atom is -0.293 e. The molecular formula is C8H9N3S. The Bertz CT molecular complexity index is 284. The van der Waals surface area contributed by atoms with Crippen LogP contribution in [0.5, 0.6) is 0 Å². The second-order valence-corrected chi connectivity index (χ2v) is 3.80. The minimum atomic E-state index is -0.197. The van der Waals surface area contributed by atoms with E-state index >= 15 is 0 Å². The van der Waals surface area contributed by atoms with Crippen LogP contribution in [0.3, 0.4) is 0 Å². The van der Waals surface area contributed by atoms with Crippen LogP contribution in [0.15, 0.2) is 11.6 Å². The molecule has 1 aliphatic carbocycles. The van der Waals surface area contributed by atoms with E-state index in [0.717, 1.165) is 5.01 Å². The lowest BCUT2D eigenvalue weighted by Crippen LogP contribution is -2.21. The first-order valence-corrected chi connectivity index (χ1v) is 4.83. The largest absolute Gasteiger partial charge is 0.293 e. The maximum Gasteiger partial charge on any atom is 0.148 e. The Morgan fingerprint density at radius 1 is 1.75 bits per heavy atom. The van der Waals surface area contributed by atoms with Crippen LogP contribution in [0.4, 0.5) is 0 Å². The molecule has 0 radical (unpaired) electrons. The van der Waals surface area contributed by atoms with Gasteiger partial charge in [-0.1, -0.05) is 0 Å². The van der Waals surface area contributed by atoms with Gasteiger partial charge in [0.15, 0.2) is 0 Å². The van der Waals surface area contributed by atoms with Crippen LogP contribution in [0, 0.1) is 11.3 Å². The summed E-state index contributed by atoms with van der Waals surface area (Å²) in [7, 11) is 0. The summed E-state index contributed by atoms with van der Waals surface area (Å²) in [4.78, 5) is 4.10. The van der Waals surface area contributed by atoms with Crippen molar-refractivity contribution in [3.63, 3.8) is 0 Å². The van der Waals surface area contributed by atoms with Crippen molar-refractivity contribution in [1.29, 1.82) is 5.26 Å². The fraction of sp³-hybridized carbons (Fsp3) is 0.500. The molecule has 1 N–H and O–H groups in total. The average molecular weight is 179 g/mol. The van der Waals surface area contributed by atoms with E-state index in [4.69, 9.17) is 5.26 Å². The molecule has 0 spiro atoms. The van der Waals surface area contributed by atoms with Gasteiger partial charge in [-0.2, -0.15) is 5.26 Å². The van der Waals surface area contributed by atoms with Crippen molar-refractivity contribution in [1.82, 2.24) is 10.3 Å². The summed E-state index contributed by atoms with van der Waals surface area (Å²) in [5.74, 6) is 0. The van der Waals surface area contributed by atoms with Crippen LogP contribution in [-0.4, -0.2) is 11.0 Å². The molecule has 3 nitrogen and oxygen atoms in total. The van der Waals surface area contributed by atoms with Crippen molar-refractivity contribution in [3.05, 3.63) is 16.6 Å². The lowest BCUT2D eigenvalue weighted by atomic mass is 10.3. The number of aromatic nitrogens is 1. The lowest BCUT2D eigenvalue weighted by Gasteiger charge is -2.05. The summed E-state index contributed by atoms with van der Waals surface area (Å²) in [5, 5.41) is 14.8. The van der Waals surface area contributed by atoms with Crippen LogP contribution in [-0.2, 0) is 0 Å². The fourth-order valence-corrected chi connectivity index (χ4v) is 1.67. The molecule has 1 unspecified atom stereocenters. The van der Waals surface area contributed by atoms with E-state index in [-0.39, 0.29) is 6.04 Å². The van der Waals surface area contributed by atoms with E-state index in [2.05, 4.69) is 16.4 Å². The first-order valence-electron chi connectivity index (χ1n) is 3.95. The molecule has 0 saturated heterocycles. The van der Waals surface area contributed by atoms with Gasteiger partial charge in [-0.3, -0.25) is 5.32 Å². The lowest BCUT2D eigenvalue weighted by molar-refractivity contribution is 0.623. The van der Waals surface area contributed by atoms with Crippen molar-refractivity contribution in [3.8, 4) is 6.07 Å². The zero-order valence-electron chi connectivity index (χ0n) is 6.53. The predicted octanol–water partition coefficient (Wildman–Crippen LogP) is 1.46. The summed E-state index contributed by atoms with van der Waals surface area (Å²) in [6.07, 6.45) is 4.13. The molecule has 0 amide bonds. The molecule has 4 heteroatoms. The molecule has 1 aromatic heterocycles. The highest BCUT2D eigenvalue weighted by Gasteiger charge is 2.26. The summed E-state index contributed by atoms with van der Waals surface area (Å²) in [5.41, 5.74) is 0. The Morgan fingerprint density at radius 2 is 2.58 bits per heavy atom. The van der Waals surface area contributed by atoms with Gasteiger partial charge < -0.3 is 0 Å². The third-order valence-electron chi connectivity index (χ3n) is 1.81. The number of nitrogens with zero attached hydrogens (tertiary/aromatic N) is 2. The van der Waals surface area contributed by atoms with Gasteiger partial charge in [-0.15, -0.1) is 11.3 Å². The maximum atomic E-state index is 8.83. The highest BCUT2D eigenvalue weighted by atomic mass is 32.1. The number of thiazole rings is 1. The SMILES string of the molecule is N#CC(NC1CC1)c1nccs1. The third kappa shape index (κ3) is 1.63. The third-order valence-corrected chi connectivity index (χ3v) is 2.65. The van der Waals surface area contributed by atoms with E-state index in [1.807, 2.05) is 5.38 Å². The molecule has 0 aliphatic heterocycles. The van der Waals surface area contributed by atoms with Gasteiger partial charge in [-0.25, -0.2) is 4.98 Å². The Morgan fingerprint density at radius 3 is 3.08 bits per heavy atom. The van der Waals surface area contributed by atoms with Gasteiger partial charge in [0.25, 0.3) is 0 Å². The van der Waals surface area contributed by atoms with E-state index in [1.165, 1.54) is 24.2 Å². The van der Waals surface area contributed by atoms with E-state index in [1.54, 1.807) is 6.20 Å². The molecule has 1 fully saturated rings. The first kappa shape index (κ1) is 7.71. The van der Waals surface area contributed by atoms with Crippen molar-refractivity contribution in [2.75, 3.05) is 0 Å². The second-order valence-electron chi connectivity index (χ2n) is 2.87. The fourth-order valence-electron chi connectivity index (χ4n) is 1.03. The number of hydrogen-bond acceptors (Lipinski definition) is 4. The van der Waals surface area contributed by atoms with Crippen molar-refractivity contribution in [2.24, 2.45) is 0 Å². The van der Waals surface area contributed by atoms with Crippen molar-refractivity contribution < 1.29 is 0 Å². The smallest absolute Gasteiger partial charge is 0.148 e. The molecular weight excluding hydrogens is 170 g/mol. The Hall–Kier alpha value is -0.920. The monoisotopic (exact) mass is 179 g/mol. The van der Waals surface area contributed by atoms with Gasteiger partial charge >= 0.3 is 0 Å². The van der Waals surface area contributed by atoms with Crippen LogP contribution >= 0.6 is 11.3 Å². The van der Waals surface area contributed by atoms with Crippen LogP contribution in [0.1, 0.15) is 23.9 Å².